The molecule has 1 N–H and O–H groups in total. The molecule has 2 aromatic carbocycles. The summed E-state index contributed by atoms with van der Waals surface area (Å²) in [5.74, 6) is -2.35. The first kappa shape index (κ1) is 27.9. The number of carboxylic acid groups (broad SMARTS) is 1. The lowest BCUT2D eigenvalue weighted by Crippen LogP contribution is -2.64. The van der Waals surface area contributed by atoms with Crippen molar-refractivity contribution in [1.82, 2.24) is 9.80 Å². The molecule has 0 aromatic heterocycles. The third-order valence-corrected chi connectivity index (χ3v) is 6.50. The van der Waals surface area contributed by atoms with E-state index in [-0.39, 0.29) is 29.7 Å². The number of alkyl halides is 3. The molecule has 1 atom stereocenters. The van der Waals surface area contributed by atoms with Crippen molar-refractivity contribution in [2.75, 3.05) is 45.2 Å². The van der Waals surface area contributed by atoms with Crippen molar-refractivity contribution in [2.24, 2.45) is 0 Å². The highest BCUT2D eigenvalue weighted by Gasteiger charge is 2.48. The monoisotopic (exact) mass is 525 g/mol. The van der Waals surface area contributed by atoms with E-state index in [0.717, 1.165) is 17.7 Å². The third-order valence-electron chi connectivity index (χ3n) is 6.50. The number of nitrogens with zero attached hydrogens (tertiary/aromatic N) is 3. The average molecular weight is 525 g/mol. The number of halogens is 4. The summed E-state index contributed by atoms with van der Waals surface area (Å²) in [6.45, 7) is 1.89. The van der Waals surface area contributed by atoms with E-state index in [1.165, 1.54) is 12.1 Å². The predicted octanol–water partition coefficient (Wildman–Crippen LogP) is 2.96. The molecular weight excluding hydrogens is 498 g/mol. The molecule has 1 unspecified atom stereocenters. The van der Waals surface area contributed by atoms with Crippen LogP contribution in [0.15, 0.2) is 48.5 Å². The van der Waals surface area contributed by atoms with Gasteiger partial charge in [0.05, 0.1) is 25.6 Å². The van der Waals surface area contributed by atoms with E-state index in [1.54, 1.807) is 24.1 Å². The van der Waals surface area contributed by atoms with E-state index in [1.807, 2.05) is 41.1 Å². The standard InChI is InChI=1S/C23H26FN3O3.C2HF3O2/c1-25-14-22(29)27(19-5-3-4-18(24)13-19)16-23(25)10-11-26(15-23)21(28)12-17-6-8-20(30-2)9-7-17;3-2(4,5)1(6)7/h3-9,13H,10-12,14-16H2,1-2H3;(H,6,7). The molecule has 2 aromatic rings. The highest BCUT2D eigenvalue weighted by molar-refractivity contribution is 5.96. The summed E-state index contributed by atoms with van der Waals surface area (Å²) in [4.78, 5) is 40.0. The topological polar surface area (TPSA) is 90.4 Å². The molecule has 200 valence electrons. The Morgan fingerprint density at radius 2 is 1.76 bits per heavy atom. The highest BCUT2D eigenvalue weighted by atomic mass is 19.4. The van der Waals surface area contributed by atoms with Gasteiger partial charge in [-0.2, -0.15) is 13.2 Å². The summed E-state index contributed by atoms with van der Waals surface area (Å²) in [5, 5.41) is 7.12. The summed E-state index contributed by atoms with van der Waals surface area (Å²) in [5.41, 5.74) is 1.18. The minimum Gasteiger partial charge on any atom is -0.497 e. The van der Waals surface area contributed by atoms with Crippen LogP contribution in [0.5, 0.6) is 5.75 Å². The number of likely N-dealkylation sites (N-methyl/N-ethyl adjacent to an activating group) is 1. The number of hydrogen-bond donors (Lipinski definition) is 1. The van der Waals surface area contributed by atoms with Crippen molar-refractivity contribution in [1.29, 1.82) is 0 Å². The summed E-state index contributed by atoms with van der Waals surface area (Å²) in [6.07, 6.45) is -3.98. The summed E-state index contributed by atoms with van der Waals surface area (Å²) >= 11 is 0. The molecule has 2 heterocycles. The molecule has 12 heteroatoms. The third kappa shape index (κ3) is 6.76. The number of carbonyl (C=O) groups excluding carboxylic acids is 2. The van der Waals surface area contributed by atoms with E-state index < -0.39 is 12.1 Å². The number of amides is 2. The lowest BCUT2D eigenvalue weighted by atomic mass is 9.92. The first-order chi connectivity index (χ1) is 17.3. The fourth-order valence-electron chi connectivity index (χ4n) is 4.38. The number of rotatable bonds is 4. The molecule has 0 bridgehead atoms. The number of piperazine rings is 1. The fraction of sp³-hybridized carbons (Fsp3) is 0.400. The molecule has 2 saturated heterocycles. The number of aliphatic carboxylic acids is 1. The maximum absolute atomic E-state index is 13.7. The molecule has 37 heavy (non-hydrogen) atoms. The van der Waals surface area contributed by atoms with Crippen LogP contribution in [-0.4, -0.2) is 84.7 Å². The summed E-state index contributed by atoms with van der Waals surface area (Å²) < 4.78 is 50.6. The first-order valence-electron chi connectivity index (χ1n) is 11.3. The Labute approximate surface area is 211 Å². The lowest BCUT2D eigenvalue weighted by molar-refractivity contribution is -0.192. The van der Waals surface area contributed by atoms with Gasteiger partial charge in [0.1, 0.15) is 11.6 Å². The Morgan fingerprint density at radius 3 is 2.32 bits per heavy atom. The number of ether oxygens (including phenoxy) is 1. The van der Waals surface area contributed by atoms with Gasteiger partial charge in [0.25, 0.3) is 0 Å². The van der Waals surface area contributed by atoms with Crippen LogP contribution in [0.25, 0.3) is 0 Å². The van der Waals surface area contributed by atoms with E-state index in [9.17, 15) is 27.2 Å². The van der Waals surface area contributed by atoms with Crippen LogP contribution >= 0.6 is 0 Å². The van der Waals surface area contributed by atoms with E-state index in [0.29, 0.717) is 31.7 Å². The normalized spacial score (nSPS) is 20.0. The minimum absolute atomic E-state index is 0.0586. The van der Waals surface area contributed by atoms with Gasteiger partial charge in [0.2, 0.25) is 11.8 Å². The lowest BCUT2D eigenvalue weighted by Gasteiger charge is -2.46. The molecule has 8 nitrogen and oxygen atoms in total. The Balaban J connectivity index is 0.000000479. The van der Waals surface area contributed by atoms with Gasteiger partial charge < -0.3 is 19.6 Å². The maximum Gasteiger partial charge on any atom is 0.490 e. The number of anilines is 1. The van der Waals surface area contributed by atoms with Crippen molar-refractivity contribution in [3.8, 4) is 5.75 Å². The van der Waals surface area contributed by atoms with Gasteiger partial charge in [-0.25, -0.2) is 9.18 Å². The molecule has 1 spiro atoms. The summed E-state index contributed by atoms with van der Waals surface area (Å²) in [7, 11) is 3.54. The number of carbonyl (C=O) groups is 3. The first-order valence-corrected chi connectivity index (χ1v) is 11.3. The zero-order valence-electron chi connectivity index (χ0n) is 20.3. The second-order valence-electron chi connectivity index (χ2n) is 8.93. The van der Waals surface area contributed by atoms with Gasteiger partial charge in [0.15, 0.2) is 0 Å². The molecule has 2 aliphatic rings. The SMILES string of the molecule is COc1ccc(CC(=O)N2CCC3(C2)CN(c2cccc(F)c2)C(=O)CN3C)cc1.O=C(O)C(F)(F)F. The second-order valence-corrected chi connectivity index (χ2v) is 8.93. The zero-order chi connectivity index (χ0) is 27.4. The maximum atomic E-state index is 13.7. The van der Waals surface area contributed by atoms with Crippen molar-refractivity contribution < 1.29 is 41.8 Å². The molecule has 2 fully saturated rings. The van der Waals surface area contributed by atoms with Crippen LogP contribution in [0.3, 0.4) is 0 Å². The van der Waals surface area contributed by atoms with Crippen molar-refractivity contribution in [3.63, 3.8) is 0 Å². The number of likely N-dealkylation sites (tertiary alicyclic amines) is 1. The van der Waals surface area contributed by atoms with E-state index >= 15 is 0 Å². The minimum atomic E-state index is -5.08. The van der Waals surface area contributed by atoms with Crippen molar-refractivity contribution in [2.45, 2.75) is 24.6 Å². The predicted molar refractivity (Wildman–Crippen MR) is 126 cm³/mol. The van der Waals surface area contributed by atoms with Crippen molar-refractivity contribution >= 4 is 23.5 Å². The quantitative estimate of drug-likeness (QED) is 0.618. The Hall–Kier alpha value is -3.67. The van der Waals surface area contributed by atoms with Crippen LogP contribution in [0.1, 0.15) is 12.0 Å². The highest BCUT2D eigenvalue weighted by Crippen LogP contribution is 2.34. The van der Waals surface area contributed by atoms with Crippen molar-refractivity contribution in [3.05, 3.63) is 59.9 Å². The van der Waals surface area contributed by atoms with Crippen LogP contribution in [0, 0.1) is 5.82 Å². The smallest absolute Gasteiger partial charge is 0.490 e. The molecule has 4 rings (SSSR count). The van der Waals surface area contributed by atoms with Gasteiger partial charge in [0, 0.05) is 25.3 Å². The largest absolute Gasteiger partial charge is 0.497 e. The van der Waals surface area contributed by atoms with Crippen LogP contribution in [0.4, 0.5) is 23.2 Å². The fourth-order valence-corrected chi connectivity index (χ4v) is 4.38. The van der Waals surface area contributed by atoms with E-state index in [4.69, 9.17) is 14.6 Å². The Bertz CT molecular complexity index is 1140. The molecular formula is C25H27F4N3O5. The van der Waals surface area contributed by atoms with Gasteiger partial charge in [-0.1, -0.05) is 18.2 Å². The number of methoxy groups -OCH3 is 1. The van der Waals surface area contributed by atoms with Crippen LogP contribution in [0.2, 0.25) is 0 Å². The number of carboxylic acids is 1. The average Bonchev–Trinajstić information content (AvgIpc) is 3.27. The van der Waals surface area contributed by atoms with Gasteiger partial charge >= 0.3 is 12.1 Å². The van der Waals surface area contributed by atoms with Gasteiger partial charge in [-0.3, -0.25) is 14.5 Å². The van der Waals surface area contributed by atoms with E-state index in [2.05, 4.69) is 0 Å². The van der Waals surface area contributed by atoms with Gasteiger partial charge in [-0.15, -0.1) is 0 Å². The molecule has 2 amide bonds. The number of hydrogen-bond acceptors (Lipinski definition) is 5. The van der Waals surface area contributed by atoms with Crippen LogP contribution in [-0.2, 0) is 20.8 Å². The molecule has 0 radical (unpaired) electrons. The molecule has 2 aliphatic heterocycles. The second kappa shape index (κ2) is 11.2. The van der Waals surface area contributed by atoms with Crippen LogP contribution < -0.4 is 9.64 Å². The summed E-state index contributed by atoms with van der Waals surface area (Å²) in [6, 6.07) is 13.6. The molecule has 0 saturated carbocycles. The molecule has 0 aliphatic carbocycles. The Kier molecular flexibility index (Phi) is 8.42. The Morgan fingerprint density at radius 1 is 1.11 bits per heavy atom. The van der Waals surface area contributed by atoms with Gasteiger partial charge in [-0.05, 0) is 49.4 Å². The zero-order valence-corrected chi connectivity index (χ0v) is 20.3. The number of benzene rings is 2.